The number of nitrogens with two attached hydrogens (primary N) is 1. The highest BCUT2D eigenvalue weighted by molar-refractivity contribution is 7.17. The molecule has 130 valence electrons. The minimum Gasteiger partial charge on any atom is -0.383 e. The minimum atomic E-state index is -0.340. The molecular weight excluding hydrogens is 357 g/mol. The molecule has 0 amide bonds. The number of hydrogen-bond donors (Lipinski definition) is 1. The van der Waals surface area contributed by atoms with Crippen molar-refractivity contribution in [1.82, 2.24) is 9.97 Å². The lowest BCUT2D eigenvalue weighted by molar-refractivity contribution is 0.640. The third kappa shape index (κ3) is 2.55. The number of anilines is 1. The van der Waals surface area contributed by atoms with Crippen molar-refractivity contribution in [2.75, 3.05) is 5.73 Å². The Hall–Kier alpha value is -3.31. The average molecular weight is 371 g/mol. The summed E-state index contributed by atoms with van der Waals surface area (Å²) in [5, 5.41) is 3.48. The van der Waals surface area contributed by atoms with E-state index in [2.05, 4.69) is 9.97 Å². The van der Waals surface area contributed by atoms with Crippen LogP contribution < -0.4 is 5.73 Å². The molecule has 3 nitrogen and oxygen atoms in total. The van der Waals surface area contributed by atoms with Gasteiger partial charge in [0.1, 0.15) is 11.3 Å². The summed E-state index contributed by atoms with van der Waals surface area (Å²) >= 11 is 1.53. The van der Waals surface area contributed by atoms with Crippen LogP contribution in [0.3, 0.4) is 0 Å². The average Bonchev–Trinajstić information content (AvgIpc) is 3.14. The predicted octanol–water partition coefficient (Wildman–Crippen LogP) is 5.90. The molecule has 0 radical (unpaired) electrons. The number of rotatable bonds is 2. The first-order valence-electron chi connectivity index (χ1n) is 8.49. The van der Waals surface area contributed by atoms with Gasteiger partial charge in [-0.2, -0.15) is 0 Å². The van der Waals surface area contributed by atoms with Gasteiger partial charge in [-0.25, -0.2) is 14.4 Å². The van der Waals surface area contributed by atoms with Gasteiger partial charge in [0, 0.05) is 43.7 Å². The second-order valence-corrected chi connectivity index (χ2v) is 7.19. The Morgan fingerprint density at radius 3 is 2.56 bits per heavy atom. The molecule has 0 atom stereocenters. The van der Waals surface area contributed by atoms with Crippen LogP contribution in [0.15, 0.2) is 72.2 Å². The number of nitrogen functional groups attached to an aromatic ring is 1. The molecule has 0 saturated carbocycles. The van der Waals surface area contributed by atoms with Gasteiger partial charge in [0.25, 0.3) is 0 Å². The van der Waals surface area contributed by atoms with Crippen molar-refractivity contribution in [3.63, 3.8) is 0 Å². The molecule has 0 bridgehead atoms. The third-order valence-electron chi connectivity index (χ3n) is 4.68. The highest BCUT2D eigenvalue weighted by Crippen LogP contribution is 2.39. The van der Waals surface area contributed by atoms with Crippen molar-refractivity contribution in [3.05, 3.63) is 78.1 Å². The van der Waals surface area contributed by atoms with Gasteiger partial charge in [0.15, 0.2) is 5.82 Å². The Bertz CT molecular complexity index is 1300. The molecule has 2 N–H and O–H groups in total. The maximum absolute atomic E-state index is 15.5. The summed E-state index contributed by atoms with van der Waals surface area (Å²) in [6.45, 7) is 0. The van der Waals surface area contributed by atoms with Crippen LogP contribution in [0.2, 0.25) is 0 Å². The van der Waals surface area contributed by atoms with Crippen LogP contribution in [0, 0.1) is 5.82 Å². The summed E-state index contributed by atoms with van der Waals surface area (Å²) in [5.41, 5.74) is 9.37. The van der Waals surface area contributed by atoms with Gasteiger partial charge >= 0.3 is 0 Å². The zero-order valence-electron chi connectivity index (χ0n) is 14.2. The zero-order chi connectivity index (χ0) is 18.4. The van der Waals surface area contributed by atoms with E-state index in [4.69, 9.17) is 5.73 Å². The number of aromatic nitrogens is 2. The number of hydrogen-bond acceptors (Lipinski definition) is 4. The van der Waals surface area contributed by atoms with E-state index in [9.17, 15) is 0 Å². The first-order chi connectivity index (χ1) is 13.2. The van der Waals surface area contributed by atoms with E-state index in [1.165, 1.54) is 11.3 Å². The summed E-state index contributed by atoms with van der Waals surface area (Å²) in [4.78, 5) is 8.76. The fourth-order valence-corrected chi connectivity index (χ4v) is 4.30. The maximum Gasteiger partial charge on any atom is 0.157 e. The zero-order valence-corrected chi connectivity index (χ0v) is 15.0. The van der Waals surface area contributed by atoms with E-state index in [-0.39, 0.29) is 5.82 Å². The molecule has 0 aliphatic heterocycles. The van der Waals surface area contributed by atoms with Crippen LogP contribution in [-0.2, 0) is 0 Å². The first-order valence-corrected chi connectivity index (χ1v) is 9.37. The van der Waals surface area contributed by atoms with E-state index in [0.29, 0.717) is 16.9 Å². The van der Waals surface area contributed by atoms with E-state index in [0.717, 1.165) is 32.3 Å². The Morgan fingerprint density at radius 1 is 0.889 bits per heavy atom. The van der Waals surface area contributed by atoms with Gasteiger partial charge < -0.3 is 5.73 Å². The summed E-state index contributed by atoms with van der Waals surface area (Å²) in [7, 11) is 0. The molecule has 0 aliphatic carbocycles. The predicted molar refractivity (Wildman–Crippen MR) is 110 cm³/mol. The Labute approximate surface area is 158 Å². The summed E-state index contributed by atoms with van der Waals surface area (Å²) < 4.78 is 16.5. The summed E-state index contributed by atoms with van der Waals surface area (Å²) in [6.07, 6.45) is 1.67. The quantitative estimate of drug-likeness (QED) is 0.420. The molecule has 3 aromatic heterocycles. The summed E-state index contributed by atoms with van der Waals surface area (Å²) in [5.74, 6) is 0.0717. The normalized spacial score (nSPS) is 11.3. The van der Waals surface area contributed by atoms with Crippen LogP contribution in [0.5, 0.6) is 0 Å². The van der Waals surface area contributed by atoms with Crippen molar-refractivity contribution >= 4 is 38.1 Å². The van der Waals surface area contributed by atoms with Crippen molar-refractivity contribution in [3.8, 4) is 22.4 Å². The monoisotopic (exact) mass is 371 g/mol. The van der Waals surface area contributed by atoms with Crippen LogP contribution >= 0.6 is 11.3 Å². The molecule has 5 rings (SSSR count). The van der Waals surface area contributed by atoms with Crippen LogP contribution in [0.1, 0.15) is 0 Å². The van der Waals surface area contributed by atoms with E-state index >= 15 is 4.39 Å². The standard InChI is InChI=1S/C22H14FN3S/c23-20-15(16-12-27-18-10-11-25-22(24)19(16)18)8-6-14-7-9-17(26-21(14)20)13-4-2-1-3-5-13/h1-12H,(H2,24,25). The molecule has 2 aromatic carbocycles. The fourth-order valence-electron chi connectivity index (χ4n) is 3.34. The Balaban J connectivity index is 1.75. The van der Waals surface area contributed by atoms with Crippen LogP contribution in [0.25, 0.3) is 43.4 Å². The Morgan fingerprint density at radius 2 is 1.70 bits per heavy atom. The van der Waals surface area contributed by atoms with Crippen molar-refractivity contribution in [1.29, 1.82) is 0 Å². The van der Waals surface area contributed by atoms with Gasteiger partial charge in [-0.15, -0.1) is 11.3 Å². The van der Waals surface area contributed by atoms with Crippen LogP contribution in [0.4, 0.5) is 10.2 Å². The van der Waals surface area contributed by atoms with Crippen LogP contribution in [-0.4, -0.2) is 9.97 Å². The second-order valence-electron chi connectivity index (χ2n) is 6.28. The van der Waals surface area contributed by atoms with Crippen molar-refractivity contribution < 1.29 is 4.39 Å². The lowest BCUT2D eigenvalue weighted by Gasteiger charge is -2.08. The van der Waals surface area contributed by atoms with Crippen molar-refractivity contribution in [2.45, 2.75) is 0 Å². The van der Waals surface area contributed by atoms with E-state index < -0.39 is 0 Å². The molecule has 0 spiro atoms. The molecule has 5 aromatic rings. The number of thiophene rings is 1. The molecule has 0 saturated heterocycles. The number of pyridine rings is 2. The van der Waals surface area contributed by atoms with Gasteiger partial charge in [-0.3, -0.25) is 0 Å². The third-order valence-corrected chi connectivity index (χ3v) is 5.62. The fraction of sp³-hybridized carbons (Fsp3) is 0. The molecule has 27 heavy (non-hydrogen) atoms. The van der Waals surface area contributed by atoms with E-state index in [1.54, 1.807) is 12.3 Å². The lowest BCUT2D eigenvalue weighted by atomic mass is 10.0. The van der Waals surface area contributed by atoms with Gasteiger partial charge in [0.05, 0.1) is 5.69 Å². The smallest absolute Gasteiger partial charge is 0.157 e. The minimum absolute atomic E-state index is 0.340. The lowest BCUT2D eigenvalue weighted by Crippen LogP contribution is -1.93. The highest BCUT2D eigenvalue weighted by atomic mass is 32.1. The molecule has 0 aliphatic rings. The number of halogens is 1. The summed E-state index contributed by atoms with van der Waals surface area (Å²) in [6, 6.07) is 19.2. The molecule has 3 heterocycles. The first kappa shape index (κ1) is 15.9. The molecule has 5 heteroatoms. The number of nitrogens with zero attached hydrogens (tertiary/aromatic N) is 2. The van der Waals surface area contributed by atoms with E-state index in [1.807, 2.05) is 60.0 Å². The van der Waals surface area contributed by atoms with Crippen molar-refractivity contribution in [2.24, 2.45) is 0 Å². The topological polar surface area (TPSA) is 51.8 Å². The number of fused-ring (bicyclic) bond motifs is 2. The SMILES string of the molecule is Nc1nccc2scc(-c3ccc4ccc(-c5ccccc5)nc4c3F)c12. The Kier molecular flexibility index (Phi) is 3.62. The molecule has 0 fully saturated rings. The maximum atomic E-state index is 15.5. The van der Waals surface area contributed by atoms with Gasteiger partial charge in [0.2, 0.25) is 0 Å². The van der Waals surface area contributed by atoms with Gasteiger partial charge in [-0.05, 0) is 12.1 Å². The molecular formula is C22H14FN3S. The number of benzene rings is 2. The second kappa shape index (κ2) is 6.14. The largest absolute Gasteiger partial charge is 0.383 e. The molecule has 0 unspecified atom stereocenters. The highest BCUT2D eigenvalue weighted by Gasteiger charge is 2.16. The van der Waals surface area contributed by atoms with Gasteiger partial charge in [-0.1, -0.05) is 48.5 Å².